The monoisotopic (exact) mass is 261 g/mol. The molecule has 0 saturated heterocycles. The summed E-state index contributed by atoms with van der Waals surface area (Å²) in [6.45, 7) is 6.42. The molecule has 1 aliphatic heterocycles. The number of ether oxygens (including phenoxy) is 2. The maximum Gasteiger partial charge on any atom is 0.163 e. The van der Waals surface area contributed by atoms with Crippen LogP contribution in [0.15, 0.2) is 12.1 Å². The van der Waals surface area contributed by atoms with E-state index in [1.165, 1.54) is 0 Å². The summed E-state index contributed by atoms with van der Waals surface area (Å²) in [6.07, 6.45) is 0.888. The van der Waals surface area contributed by atoms with Crippen LogP contribution in [-0.4, -0.2) is 35.8 Å². The van der Waals surface area contributed by atoms with Gasteiger partial charge in [-0.2, -0.15) is 0 Å². The van der Waals surface area contributed by atoms with Gasteiger partial charge in [0.25, 0.3) is 0 Å². The Kier molecular flexibility index (Phi) is 3.29. The first-order valence-corrected chi connectivity index (χ1v) is 6.74. The summed E-state index contributed by atoms with van der Waals surface area (Å²) < 4.78 is 11.1. The molecule has 0 unspecified atom stereocenters. The summed E-state index contributed by atoms with van der Waals surface area (Å²) in [4.78, 5) is 7.92. The normalized spacial score (nSPS) is 14.3. The highest BCUT2D eigenvalue weighted by Crippen LogP contribution is 2.33. The van der Waals surface area contributed by atoms with E-state index in [4.69, 9.17) is 9.47 Å². The number of aromatic nitrogens is 2. The molecule has 1 aromatic heterocycles. The van der Waals surface area contributed by atoms with E-state index < -0.39 is 0 Å². The highest BCUT2D eigenvalue weighted by molar-refractivity contribution is 5.79. The summed E-state index contributed by atoms with van der Waals surface area (Å²) >= 11 is 0. The van der Waals surface area contributed by atoms with Gasteiger partial charge >= 0.3 is 0 Å². The number of hydrogen-bond acceptors (Lipinski definition) is 4. The van der Waals surface area contributed by atoms with Crippen LogP contribution in [0.2, 0.25) is 0 Å². The minimum Gasteiger partial charge on any atom is -0.486 e. The minimum atomic E-state index is 0.499. The van der Waals surface area contributed by atoms with E-state index in [-0.39, 0.29) is 0 Å². The Morgan fingerprint density at radius 1 is 1.26 bits per heavy atom. The van der Waals surface area contributed by atoms with E-state index >= 15 is 0 Å². The van der Waals surface area contributed by atoms with Crippen LogP contribution in [0.25, 0.3) is 11.0 Å². The van der Waals surface area contributed by atoms with Crippen LogP contribution >= 0.6 is 0 Å². The van der Waals surface area contributed by atoms with Gasteiger partial charge in [0.2, 0.25) is 0 Å². The predicted molar refractivity (Wildman–Crippen MR) is 73.9 cm³/mol. The number of H-pyrrole nitrogens is 1. The maximum absolute atomic E-state index is 5.57. The van der Waals surface area contributed by atoms with Crippen molar-refractivity contribution in [3.8, 4) is 11.5 Å². The van der Waals surface area contributed by atoms with Crippen LogP contribution in [0.5, 0.6) is 11.5 Å². The second-order valence-corrected chi connectivity index (χ2v) is 5.06. The van der Waals surface area contributed by atoms with Crippen LogP contribution in [0.1, 0.15) is 19.7 Å². The molecule has 5 nitrogen and oxygen atoms in total. The predicted octanol–water partition coefficient (Wildman–Crippen LogP) is 1.87. The zero-order chi connectivity index (χ0) is 13.2. The quantitative estimate of drug-likeness (QED) is 0.882. The minimum absolute atomic E-state index is 0.499. The molecule has 2 N–H and O–H groups in total. The number of nitrogens with zero attached hydrogens (tertiary/aromatic N) is 1. The van der Waals surface area contributed by atoms with E-state index in [1.54, 1.807) is 0 Å². The van der Waals surface area contributed by atoms with Crippen molar-refractivity contribution in [3.05, 3.63) is 18.0 Å². The largest absolute Gasteiger partial charge is 0.486 e. The van der Waals surface area contributed by atoms with Gasteiger partial charge < -0.3 is 19.8 Å². The van der Waals surface area contributed by atoms with E-state index in [1.807, 2.05) is 12.1 Å². The number of rotatable bonds is 4. The van der Waals surface area contributed by atoms with Crippen LogP contribution < -0.4 is 14.8 Å². The number of aromatic amines is 1. The van der Waals surface area contributed by atoms with Crippen molar-refractivity contribution in [2.24, 2.45) is 0 Å². The SMILES string of the molecule is CC(C)NCCc1nc2cc3c(cc2[nH]1)OCCO3. The van der Waals surface area contributed by atoms with Crippen LogP contribution in [0, 0.1) is 0 Å². The van der Waals surface area contributed by atoms with Gasteiger partial charge in [-0.15, -0.1) is 0 Å². The highest BCUT2D eigenvalue weighted by atomic mass is 16.6. The molecule has 0 aliphatic carbocycles. The number of hydrogen-bond donors (Lipinski definition) is 2. The van der Waals surface area contributed by atoms with E-state index in [2.05, 4.69) is 29.1 Å². The van der Waals surface area contributed by atoms with Crippen LogP contribution in [0.4, 0.5) is 0 Å². The van der Waals surface area contributed by atoms with E-state index in [0.29, 0.717) is 19.3 Å². The molecule has 19 heavy (non-hydrogen) atoms. The van der Waals surface area contributed by atoms with Gasteiger partial charge in [-0.25, -0.2) is 4.98 Å². The Labute approximate surface area is 112 Å². The summed E-state index contributed by atoms with van der Waals surface area (Å²) in [7, 11) is 0. The van der Waals surface area contributed by atoms with E-state index in [9.17, 15) is 0 Å². The molecular weight excluding hydrogens is 242 g/mol. The fraction of sp³-hybridized carbons (Fsp3) is 0.500. The lowest BCUT2D eigenvalue weighted by molar-refractivity contribution is 0.172. The number of fused-ring (bicyclic) bond motifs is 2. The van der Waals surface area contributed by atoms with Crippen LogP contribution in [0.3, 0.4) is 0 Å². The first-order chi connectivity index (χ1) is 9.22. The van der Waals surface area contributed by atoms with Crippen molar-refractivity contribution < 1.29 is 9.47 Å². The first-order valence-electron chi connectivity index (χ1n) is 6.74. The average molecular weight is 261 g/mol. The number of imidazole rings is 1. The van der Waals surface area contributed by atoms with Gasteiger partial charge in [-0.1, -0.05) is 13.8 Å². The molecule has 2 heterocycles. The molecule has 2 aromatic rings. The molecule has 1 aromatic carbocycles. The number of nitrogens with one attached hydrogen (secondary N) is 2. The van der Waals surface area contributed by atoms with Crippen molar-refractivity contribution in [2.75, 3.05) is 19.8 Å². The highest BCUT2D eigenvalue weighted by Gasteiger charge is 2.14. The Hall–Kier alpha value is -1.75. The fourth-order valence-electron chi connectivity index (χ4n) is 2.20. The Morgan fingerprint density at radius 2 is 2.00 bits per heavy atom. The van der Waals surface area contributed by atoms with Gasteiger partial charge in [-0.05, 0) is 0 Å². The number of benzene rings is 1. The van der Waals surface area contributed by atoms with Gasteiger partial charge in [0.05, 0.1) is 11.0 Å². The zero-order valence-corrected chi connectivity index (χ0v) is 11.3. The van der Waals surface area contributed by atoms with Crippen LogP contribution in [-0.2, 0) is 6.42 Å². The summed E-state index contributed by atoms with van der Waals surface area (Å²) in [6, 6.07) is 4.41. The van der Waals surface area contributed by atoms with Crippen molar-refractivity contribution in [1.82, 2.24) is 15.3 Å². The summed E-state index contributed by atoms with van der Waals surface area (Å²) in [5, 5.41) is 3.38. The maximum atomic E-state index is 5.57. The third kappa shape index (κ3) is 2.66. The summed E-state index contributed by atoms with van der Waals surface area (Å²) in [5.74, 6) is 2.58. The fourth-order valence-corrected chi connectivity index (χ4v) is 2.20. The molecule has 5 heteroatoms. The molecular formula is C14H19N3O2. The molecule has 0 fully saturated rings. The zero-order valence-electron chi connectivity index (χ0n) is 11.3. The lowest BCUT2D eigenvalue weighted by Crippen LogP contribution is -2.25. The third-order valence-corrected chi connectivity index (χ3v) is 3.11. The van der Waals surface area contributed by atoms with Crippen molar-refractivity contribution in [3.63, 3.8) is 0 Å². The van der Waals surface area contributed by atoms with Gasteiger partial charge in [0.1, 0.15) is 19.0 Å². The molecule has 0 radical (unpaired) electrons. The van der Waals surface area contributed by atoms with Crippen molar-refractivity contribution in [1.29, 1.82) is 0 Å². The van der Waals surface area contributed by atoms with Gasteiger partial charge in [0.15, 0.2) is 11.5 Å². The van der Waals surface area contributed by atoms with E-state index in [0.717, 1.165) is 41.3 Å². The second-order valence-electron chi connectivity index (χ2n) is 5.06. The lowest BCUT2D eigenvalue weighted by atomic mass is 10.2. The Bertz CT molecular complexity index is 534. The van der Waals surface area contributed by atoms with Crippen molar-refractivity contribution in [2.45, 2.75) is 26.3 Å². The molecule has 0 bridgehead atoms. The molecule has 0 saturated carbocycles. The molecule has 0 spiro atoms. The second kappa shape index (κ2) is 5.09. The Morgan fingerprint density at radius 3 is 2.74 bits per heavy atom. The smallest absolute Gasteiger partial charge is 0.163 e. The van der Waals surface area contributed by atoms with Crippen molar-refractivity contribution >= 4 is 11.0 Å². The molecule has 102 valence electrons. The Balaban J connectivity index is 1.80. The standard InChI is InChI=1S/C14H19N3O2/c1-9(2)15-4-3-14-16-10-7-12-13(8-11(10)17-14)19-6-5-18-12/h7-9,15H,3-6H2,1-2H3,(H,16,17). The van der Waals surface area contributed by atoms with Gasteiger partial charge in [0, 0.05) is 31.1 Å². The average Bonchev–Trinajstić information content (AvgIpc) is 2.77. The first kappa shape index (κ1) is 12.3. The topological polar surface area (TPSA) is 59.2 Å². The molecule has 0 atom stereocenters. The molecule has 1 aliphatic rings. The molecule has 3 rings (SSSR count). The third-order valence-electron chi connectivity index (χ3n) is 3.11. The van der Waals surface area contributed by atoms with Gasteiger partial charge in [-0.3, -0.25) is 0 Å². The summed E-state index contributed by atoms with van der Waals surface area (Å²) in [5.41, 5.74) is 1.94. The molecule has 0 amide bonds. The lowest BCUT2D eigenvalue weighted by Gasteiger charge is -2.17.